The summed E-state index contributed by atoms with van der Waals surface area (Å²) in [4.78, 5) is 2.13. The molecule has 1 rings (SSSR count). The molecular formula is C12H22ClN3O. The predicted octanol–water partition coefficient (Wildman–Crippen LogP) is 3.77. The van der Waals surface area contributed by atoms with E-state index in [0.29, 0.717) is 17.9 Å². The molecule has 0 saturated heterocycles. The molecule has 0 aromatic carbocycles. The van der Waals surface area contributed by atoms with Crippen LogP contribution in [0.5, 0.6) is 0 Å². The van der Waals surface area contributed by atoms with E-state index in [9.17, 15) is 0 Å². The topological polar surface area (TPSA) is 42.2 Å². The van der Waals surface area contributed by atoms with Gasteiger partial charge in [0.2, 0.25) is 5.89 Å². The summed E-state index contributed by atoms with van der Waals surface area (Å²) in [5.41, 5.74) is 0. The van der Waals surface area contributed by atoms with Crippen molar-refractivity contribution in [3.05, 3.63) is 5.89 Å². The van der Waals surface area contributed by atoms with Crippen LogP contribution in [0.1, 0.15) is 58.2 Å². The number of rotatable bonds is 7. The third kappa shape index (κ3) is 4.19. The fourth-order valence-corrected chi connectivity index (χ4v) is 1.70. The molecule has 0 fully saturated rings. The first-order chi connectivity index (χ1) is 8.06. The van der Waals surface area contributed by atoms with E-state index in [0.717, 1.165) is 13.0 Å². The van der Waals surface area contributed by atoms with Gasteiger partial charge in [-0.2, -0.15) is 0 Å². The number of hydrogen-bond acceptors (Lipinski definition) is 4. The summed E-state index contributed by atoms with van der Waals surface area (Å²) in [5, 5.41) is 7.78. The molecule has 0 radical (unpaired) electrons. The SMILES string of the molecule is CCCCCN(c1nnc(C(C)Cl)o1)C(C)C. The second kappa shape index (κ2) is 6.84. The molecule has 0 aliphatic heterocycles. The molecule has 0 bridgehead atoms. The highest BCUT2D eigenvalue weighted by atomic mass is 35.5. The van der Waals surface area contributed by atoms with Crippen molar-refractivity contribution in [3.8, 4) is 0 Å². The van der Waals surface area contributed by atoms with Crippen molar-refractivity contribution < 1.29 is 4.42 Å². The Morgan fingerprint density at radius 2 is 1.94 bits per heavy atom. The van der Waals surface area contributed by atoms with Gasteiger partial charge in [-0.1, -0.05) is 24.9 Å². The van der Waals surface area contributed by atoms with Crippen LogP contribution in [0.3, 0.4) is 0 Å². The van der Waals surface area contributed by atoms with Crippen LogP contribution in [0.15, 0.2) is 4.42 Å². The summed E-state index contributed by atoms with van der Waals surface area (Å²) in [7, 11) is 0. The Morgan fingerprint density at radius 1 is 1.24 bits per heavy atom. The standard InChI is InChI=1S/C12H22ClN3O/c1-5-6-7-8-16(9(2)3)12-15-14-11(17-12)10(4)13/h9-10H,5-8H2,1-4H3. The van der Waals surface area contributed by atoms with E-state index in [1.165, 1.54) is 12.8 Å². The van der Waals surface area contributed by atoms with E-state index >= 15 is 0 Å². The first-order valence-electron chi connectivity index (χ1n) is 6.30. The van der Waals surface area contributed by atoms with Gasteiger partial charge in [-0.3, -0.25) is 0 Å². The minimum atomic E-state index is -0.235. The molecule has 1 unspecified atom stereocenters. The van der Waals surface area contributed by atoms with Crippen LogP contribution in [0.25, 0.3) is 0 Å². The van der Waals surface area contributed by atoms with Gasteiger partial charge in [0.25, 0.3) is 0 Å². The van der Waals surface area contributed by atoms with Gasteiger partial charge in [-0.15, -0.1) is 16.7 Å². The third-order valence-electron chi connectivity index (χ3n) is 2.64. The van der Waals surface area contributed by atoms with Crippen molar-refractivity contribution in [1.82, 2.24) is 10.2 Å². The van der Waals surface area contributed by atoms with E-state index < -0.39 is 0 Å². The van der Waals surface area contributed by atoms with E-state index in [1.807, 2.05) is 6.92 Å². The number of alkyl halides is 1. The fraction of sp³-hybridized carbons (Fsp3) is 0.833. The lowest BCUT2D eigenvalue weighted by Gasteiger charge is -2.24. The van der Waals surface area contributed by atoms with Crippen LogP contribution in [-0.4, -0.2) is 22.8 Å². The number of anilines is 1. The highest BCUT2D eigenvalue weighted by molar-refractivity contribution is 6.20. The summed E-state index contributed by atoms with van der Waals surface area (Å²) in [6.45, 7) is 9.22. The second-order valence-corrected chi connectivity index (χ2v) is 5.19. The summed E-state index contributed by atoms with van der Waals surface area (Å²) in [5.74, 6) is 0.489. The van der Waals surface area contributed by atoms with E-state index in [1.54, 1.807) is 0 Å². The average molecular weight is 260 g/mol. The molecule has 0 saturated carbocycles. The van der Waals surface area contributed by atoms with Gasteiger partial charge in [0, 0.05) is 12.6 Å². The van der Waals surface area contributed by atoms with Gasteiger partial charge in [0.15, 0.2) is 0 Å². The first kappa shape index (κ1) is 14.3. The maximum absolute atomic E-state index is 5.91. The van der Waals surface area contributed by atoms with Crippen molar-refractivity contribution in [2.45, 2.75) is 58.4 Å². The predicted molar refractivity (Wildman–Crippen MR) is 70.6 cm³/mol. The van der Waals surface area contributed by atoms with Gasteiger partial charge in [0.1, 0.15) is 5.38 Å². The number of halogens is 1. The molecule has 1 aromatic rings. The zero-order chi connectivity index (χ0) is 12.8. The van der Waals surface area contributed by atoms with Crippen molar-refractivity contribution in [1.29, 1.82) is 0 Å². The molecule has 17 heavy (non-hydrogen) atoms. The molecule has 0 aliphatic carbocycles. The number of aromatic nitrogens is 2. The minimum absolute atomic E-state index is 0.235. The lowest BCUT2D eigenvalue weighted by atomic mass is 10.2. The molecular weight excluding hydrogens is 238 g/mol. The van der Waals surface area contributed by atoms with Crippen LogP contribution in [0.4, 0.5) is 6.01 Å². The highest BCUT2D eigenvalue weighted by Gasteiger charge is 2.18. The third-order valence-corrected chi connectivity index (χ3v) is 2.83. The second-order valence-electron chi connectivity index (χ2n) is 4.53. The summed E-state index contributed by atoms with van der Waals surface area (Å²) in [6, 6.07) is 0.935. The van der Waals surface area contributed by atoms with Crippen LogP contribution < -0.4 is 4.90 Å². The molecule has 0 spiro atoms. The van der Waals surface area contributed by atoms with Crippen LogP contribution in [-0.2, 0) is 0 Å². The summed E-state index contributed by atoms with van der Waals surface area (Å²) in [6.07, 6.45) is 3.57. The largest absolute Gasteiger partial charge is 0.406 e. The normalized spacial score (nSPS) is 13.1. The number of unbranched alkanes of at least 4 members (excludes halogenated alkanes) is 2. The Labute approximate surface area is 108 Å². The first-order valence-corrected chi connectivity index (χ1v) is 6.74. The van der Waals surface area contributed by atoms with Gasteiger partial charge < -0.3 is 9.32 Å². The maximum Gasteiger partial charge on any atom is 0.318 e. The minimum Gasteiger partial charge on any atom is -0.406 e. The van der Waals surface area contributed by atoms with E-state index in [4.69, 9.17) is 16.0 Å². The zero-order valence-electron chi connectivity index (χ0n) is 11.1. The van der Waals surface area contributed by atoms with Crippen molar-refractivity contribution in [2.75, 3.05) is 11.4 Å². The number of hydrogen-bond donors (Lipinski definition) is 0. The van der Waals surface area contributed by atoms with Crippen molar-refractivity contribution in [2.24, 2.45) is 0 Å². The summed E-state index contributed by atoms with van der Waals surface area (Å²) >= 11 is 5.91. The molecule has 1 heterocycles. The van der Waals surface area contributed by atoms with Gasteiger partial charge in [0.05, 0.1) is 0 Å². The lowest BCUT2D eigenvalue weighted by molar-refractivity contribution is 0.466. The smallest absolute Gasteiger partial charge is 0.318 e. The Bertz CT molecular complexity index is 325. The van der Waals surface area contributed by atoms with Crippen LogP contribution >= 0.6 is 11.6 Å². The molecule has 98 valence electrons. The molecule has 1 atom stereocenters. The molecule has 0 aliphatic rings. The van der Waals surface area contributed by atoms with Crippen molar-refractivity contribution >= 4 is 17.6 Å². The Morgan fingerprint density at radius 3 is 2.41 bits per heavy atom. The molecule has 0 amide bonds. The highest BCUT2D eigenvalue weighted by Crippen LogP contribution is 2.23. The molecule has 4 nitrogen and oxygen atoms in total. The Hall–Kier alpha value is -0.770. The quantitative estimate of drug-likeness (QED) is 0.552. The number of nitrogens with zero attached hydrogens (tertiary/aromatic N) is 3. The van der Waals surface area contributed by atoms with Crippen molar-refractivity contribution in [3.63, 3.8) is 0 Å². The van der Waals surface area contributed by atoms with Gasteiger partial charge in [-0.05, 0) is 27.2 Å². The van der Waals surface area contributed by atoms with E-state index in [2.05, 4.69) is 35.9 Å². The monoisotopic (exact) mass is 259 g/mol. The zero-order valence-corrected chi connectivity index (χ0v) is 11.9. The van der Waals surface area contributed by atoms with Gasteiger partial charge >= 0.3 is 6.01 Å². The average Bonchev–Trinajstić information content (AvgIpc) is 2.73. The van der Waals surface area contributed by atoms with E-state index in [-0.39, 0.29) is 5.38 Å². The summed E-state index contributed by atoms with van der Waals surface area (Å²) < 4.78 is 5.57. The molecule has 0 N–H and O–H groups in total. The Balaban J connectivity index is 2.68. The fourth-order valence-electron chi connectivity index (χ4n) is 1.61. The Kier molecular flexibility index (Phi) is 5.75. The molecule has 5 heteroatoms. The lowest BCUT2D eigenvalue weighted by Crippen LogP contribution is -2.32. The van der Waals surface area contributed by atoms with Gasteiger partial charge in [-0.25, -0.2) is 0 Å². The maximum atomic E-state index is 5.91. The molecule has 1 aromatic heterocycles. The van der Waals surface area contributed by atoms with Crippen LogP contribution in [0, 0.1) is 0 Å². The van der Waals surface area contributed by atoms with Crippen LogP contribution in [0.2, 0.25) is 0 Å².